The molecular weight excluding hydrogens is 395 g/mol. The molecule has 0 fully saturated rings. The number of nitrogens with one attached hydrogen (secondary N) is 1. The monoisotopic (exact) mass is 407 g/mol. The maximum atomic E-state index is 13.1. The largest absolute Gasteiger partial charge is 0.484 e. The number of benzene rings is 2. The predicted octanol–water partition coefficient (Wildman–Crippen LogP) is 3.56. The summed E-state index contributed by atoms with van der Waals surface area (Å²) in [5.41, 5.74) is -2.07. The molecule has 150 valence electrons. The molecule has 0 saturated heterocycles. The van der Waals surface area contributed by atoms with Crippen molar-refractivity contribution < 1.29 is 36.6 Å². The third-order valence-corrected chi connectivity index (χ3v) is 4.05. The van der Waals surface area contributed by atoms with E-state index in [1.54, 1.807) is 18.2 Å². The van der Waals surface area contributed by atoms with Crippen LogP contribution < -0.4 is 25.2 Å². The number of ether oxygens (including phenoxy) is 3. The minimum Gasteiger partial charge on any atom is -0.484 e. The van der Waals surface area contributed by atoms with Gasteiger partial charge in [-0.05, 0) is 24.3 Å². The fourth-order valence-electron chi connectivity index (χ4n) is 2.79. The number of amides is 1. The summed E-state index contributed by atoms with van der Waals surface area (Å²) in [6.07, 6.45) is -4.71. The van der Waals surface area contributed by atoms with Crippen molar-refractivity contribution in [2.75, 3.05) is 18.7 Å². The van der Waals surface area contributed by atoms with Crippen LogP contribution in [-0.2, 0) is 11.0 Å². The van der Waals surface area contributed by atoms with E-state index in [9.17, 15) is 22.8 Å². The molecule has 1 aliphatic heterocycles. The molecule has 0 radical (unpaired) electrons. The van der Waals surface area contributed by atoms with Gasteiger partial charge in [-0.15, -0.1) is 0 Å². The smallest absolute Gasteiger partial charge is 0.417 e. The average molecular weight is 407 g/mol. The molecule has 1 N–H and O–H groups in total. The molecule has 0 atom stereocenters. The molecule has 3 aromatic rings. The quantitative estimate of drug-likeness (QED) is 0.666. The Morgan fingerprint density at radius 3 is 2.66 bits per heavy atom. The van der Waals surface area contributed by atoms with Gasteiger partial charge in [0.15, 0.2) is 18.1 Å². The van der Waals surface area contributed by atoms with Crippen molar-refractivity contribution in [2.24, 2.45) is 0 Å². The fourth-order valence-corrected chi connectivity index (χ4v) is 2.79. The standard InChI is InChI=1S/C19H12F3NO6/c20-19(21,22)13-7-18(25)29-15-6-11(2-3-12(13)15)26-8-17(24)23-10-1-4-14-16(5-10)28-9-27-14/h1-7H,8-9H2,(H,23,24). The molecule has 1 aliphatic rings. The van der Waals surface area contributed by atoms with Crippen molar-refractivity contribution in [1.82, 2.24) is 0 Å². The first-order valence-electron chi connectivity index (χ1n) is 8.27. The van der Waals surface area contributed by atoms with E-state index in [0.717, 1.165) is 12.1 Å². The first-order chi connectivity index (χ1) is 13.8. The van der Waals surface area contributed by atoms with E-state index in [1.807, 2.05) is 0 Å². The number of hydrogen-bond donors (Lipinski definition) is 1. The lowest BCUT2D eigenvalue weighted by Crippen LogP contribution is -2.20. The molecule has 4 rings (SSSR count). The highest BCUT2D eigenvalue weighted by Gasteiger charge is 2.33. The Hall–Kier alpha value is -3.69. The molecule has 0 unspecified atom stereocenters. The zero-order valence-corrected chi connectivity index (χ0v) is 14.5. The zero-order chi connectivity index (χ0) is 20.6. The van der Waals surface area contributed by atoms with E-state index in [1.165, 1.54) is 6.07 Å². The molecule has 0 saturated carbocycles. The SMILES string of the molecule is O=C(COc1ccc2c(C(F)(F)F)cc(=O)oc2c1)Nc1ccc2c(c1)OCO2. The highest BCUT2D eigenvalue weighted by atomic mass is 19.4. The van der Waals surface area contributed by atoms with E-state index in [2.05, 4.69) is 5.32 Å². The normalized spacial score (nSPS) is 12.8. The summed E-state index contributed by atoms with van der Waals surface area (Å²) < 4.78 is 59.7. The van der Waals surface area contributed by atoms with Gasteiger partial charge in [0.1, 0.15) is 11.3 Å². The van der Waals surface area contributed by atoms with E-state index in [-0.39, 0.29) is 23.5 Å². The fraction of sp³-hybridized carbons (Fsp3) is 0.158. The van der Waals surface area contributed by atoms with Gasteiger partial charge in [0.05, 0.1) is 5.56 Å². The Balaban J connectivity index is 1.47. The summed E-state index contributed by atoms with van der Waals surface area (Å²) in [4.78, 5) is 23.5. The number of halogens is 3. The van der Waals surface area contributed by atoms with Crippen LogP contribution in [0.1, 0.15) is 5.56 Å². The van der Waals surface area contributed by atoms with Crippen LogP contribution >= 0.6 is 0 Å². The van der Waals surface area contributed by atoms with Gasteiger partial charge in [-0.25, -0.2) is 4.79 Å². The van der Waals surface area contributed by atoms with Crippen LogP contribution in [0.15, 0.2) is 51.7 Å². The molecular formula is C19H12F3NO6. The molecule has 29 heavy (non-hydrogen) atoms. The van der Waals surface area contributed by atoms with E-state index >= 15 is 0 Å². The lowest BCUT2D eigenvalue weighted by Gasteiger charge is -2.11. The lowest BCUT2D eigenvalue weighted by molar-refractivity contribution is -0.136. The van der Waals surface area contributed by atoms with Crippen molar-refractivity contribution in [3.63, 3.8) is 0 Å². The minimum absolute atomic E-state index is 0.0702. The summed E-state index contributed by atoms with van der Waals surface area (Å²) >= 11 is 0. The van der Waals surface area contributed by atoms with Gasteiger partial charge in [0.2, 0.25) is 6.79 Å². The predicted molar refractivity (Wildman–Crippen MR) is 94.2 cm³/mol. The van der Waals surface area contributed by atoms with E-state index < -0.39 is 29.9 Å². The zero-order valence-electron chi connectivity index (χ0n) is 14.5. The number of carbonyl (C=O) groups excluding carboxylic acids is 1. The van der Waals surface area contributed by atoms with Gasteiger partial charge < -0.3 is 23.9 Å². The second-order valence-corrected chi connectivity index (χ2v) is 6.04. The number of anilines is 1. The molecule has 0 spiro atoms. The van der Waals surface area contributed by atoms with Crippen LogP contribution in [0.2, 0.25) is 0 Å². The van der Waals surface area contributed by atoms with Crippen LogP contribution in [-0.4, -0.2) is 19.3 Å². The van der Waals surface area contributed by atoms with Gasteiger partial charge in [-0.3, -0.25) is 4.79 Å². The summed E-state index contributed by atoms with van der Waals surface area (Å²) in [7, 11) is 0. The lowest BCUT2D eigenvalue weighted by atomic mass is 10.1. The third kappa shape index (κ3) is 3.96. The molecule has 0 aliphatic carbocycles. The van der Waals surface area contributed by atoms with Crippen molar-refractivity contribution in [1.29, 1.82) is 0 Å². The molecule has 1 amide bonds. The van der Waals surface area contributed by atoms with E-state index in [0.29, 0.717) is 23.3 Å². The maximum absolute atomic E-state index is 13.1. The van der Waals surface area contributed by atoms with Gasteiger partial charge >= 0.3 is 11.8 Å². The number of alkyl halides is 3. The summed E-state index contributed by atoms with van der Waals surface area (Å²) in [5, 5.41) is 2.31. The minimum atomic E-state index is -4.71. The van der Waals surface area contributed by atoms with Crippen molar-refractivity contribution >= 4 is 22.6 Å². The number of rotatable bonds is 4. The summed E-state index contributed by atoms with van der Waals surface area (Å²) in [6.45, 7) is -0.312. The number of hydrogen-bond acceptors (Lipinski definition) is 6. The number of fused-ring (bicyclic) bond motifs is 2. The maximum Gasteiger partial charge on any atom is 0.417 e. The highest BCUT2D eigenvalue weighted by molar-refractivity contribution is 5.92. The summed E-state index contributed by atoms with van der Waals surface area (Å²) in [6, 6.07) is 8.74. The van der Waals surface area contributed by atoms with Crippen molar-refractivity contribution in [2.45, 2.75) is 6.18 Å². The first-order valence-corrected chi connectivity index (χ1v) is 8.27. The van der Waals surface area contributed by atoms with Crippen LogP contribution in [0.25, 0.3) is 11.0 Å². The van der Waals surface area contributed by atoms with Crippen LogP contribution in [0.3, 0.4) is 0 Å². The van der Waals surface area contributed by atoms with Gasteiger partial charge in [0, 0.05) is 29.3 Å². The van der Waals surface area contributed by atoms with Crippen molar-refractivity contribution in [3.8, 4) is 17.2 Å². The Morgan fingerprint density at radius 2 is 1.86 bits per heavy atom. The average Bonchev–Trinajstić information content (AvgIpc) is 3.12. The second kappa shape index (κ2) is 7.04. The molecule has 10 heteroatoms. The van der Waals surface area contributed by atoms with E-state index in [4.69, 9.17) is 18.6 Å². The Bertz CT molecular complexity index is 1150. The van der Waals surface area contributed by atoms with Crippen LogP contribution in [0, 0.1) is 0 Å². The summed E-state index contributed by atoms with van der Waals surface area (Å²) in [5.74, 6) is 0.624. The van der Waals surface area contributed by atoms with Gasteiger partial charge in [-0.2, -0.15) is 13.2 Å². The molecule has 0 bridgehead atoms. The number of carbonyl (C=O) groups is 1. The Labute approximate surface area is 160 Å². The molecule has 2 heterocycles. The topological polar surface area (TPSA) is 87.0 Å². The molecule has 7 nitrogen and oxygen atoms in total. The van der Waals surface area contributed by atoms with Gasteiger partial charge in [-0.1, -0.05) is 0 Å². The van der Waals surface area contributed by atoms with Gasteiger partial charge in [0.25, 0.3) is 5.91 Å². The first kappa shape index (κ1) is 18.7. The Morgan fingerprint density at radius 1 is 1.07 bits per heavy atom. The highest BCUT2D eigenvalue weighted by Crippen LogP contribution is 2.35. The molecule has 2 aromatic carbocycles. The Kier molecular flexibility index (Phi) is 4.53. The van der Waals surface area contributed by atoms with Crippen molar-refractivity contribution in [3.05, 3.63) is 58.4 Å². The molecule has 1 aromatic heterocycles. The van der Waals surface area contributed by atoms with Crippen LogP contribution in [0.5, 0.6) is 17.2 Å². The van der Waals surface area contributed by atoms with Crippen LogP contribution in [0.4, 0.5) is 18.9 Å². The second-order valence-electron chi connectivity index (χ2n) is 6.04. The third-order valence-electron chi connectivity index (χ3n) is 4.05.